The minimum atomic E-state index is 1.09. The van der Waals surface area contributed by atoms with Gasteiger partial charge in [0.25, 0.3) is 0 Å². The Morgan fingerprint density at radius 2 is 0.704 bits per heavy atom. The zero-order valence-electron chi connectivity index (χ0n) is 38.7. The molecule has 71 heavy (non-hydrogen) atoms. The monoisotopic (exact) mass is 920 g/mol. The van der Waals surface area contributed by atoms with Gasteiger partial charge >= 0.3 is 0 Å². The summed E-state index contributed by atoms with van der Waals surface area (Å²) in [5.41, 5.74) is 16.5. The van der Waals surface area contributed by atoms with Gasteiger partial charge in [-0.1, -0.05) is 206 Å². The Kier molecular flexibility index (Phi) is 9.75. The highest BCUT2D eigenvalue weighted by molar-refractivity contribution is 7.27. The normalized spacial score (nSPS) is 11.7. The summed E-state index contributed by atoms with van der Waals surface area (Å²) >= 11 is 1.90. The largest absolute Gasteiger partial charge is 0.311 e. The van der Waals surface area contributed by atoms with Crippen molar-refractivity contribution >= 4 is 91.9 Å². The van der Waals surface area contributed by atoms with E-state index in [9.17, 15) is 0 Å². The highest BCUT2D eigenvalue weighted by Gasteiger charge is 2.18. The smallest absolute Gasteiger partial charge is 0.0541 e. The molecule has 0 aliphatic heterocycles. The van der Waals surface area contributed by atoms with Crippen molar-refractivity contribution in [1.82, 2.24) is 4.57 Å². The van der Waals surface area contributed by atoms with E-state index in [1.165, 1.54) is 102 Å². The van der Waals surface area contributed by atoms with E-state index in [-0.39, 0.29) is 0 Å². The molecule has 14 rings (SSSR count). The minimum Gasteiger partial charge on any atom is -0.311 e. The Balaban J connectivity index is 0.829. The Bertz CT molecular complexity index is 4250. The molecule has 12 aromatic carbocycles. The fraction of sp³-hybridized carbons (Fsp3) is 0. The van der Waals surface area contributed by atoms with Crippen molar-refractivity contribution in [2.24, 2.45) is 0 Å². The van der Waals surface area contributed by atoms with Crippen LogP contribution in [0.15, 0.2) is 267 Å². The zero-order valence-corrected chi connectivity index (χ0v) is 39.5. The lowest BCUT2D eigenvalue weighted by atomic mass is 9.96. The average molecular weight is 921 g/mol. The molecular weight excluding hydrogens is 877 g/mol. The quantitative estimate of drug-likeness (QED) is 0.147. The maximum atomic E-state index is 2.39. The van der Waals surface area contributed by atoms with Crippen LogP contribution in [0.2, 0.25) is 0 Å². The number of fused-ring (bicyclic) bond motifs is 9. The van der Waals surface area contributed by atoms with Crippen LogP contribution in [0.5, 0.6) is 0 Å². The molecule has 0 saturated carbocycles. The molecule has 0 aliphatic carbocycles. The molecule has 0 fully saturated rings. The second-order valence-corrected chi connectivity index (χ2v) is 19.5. The molecule has 0 atom stereocenters. The summed E-state index contributed by atoms with van der Waals surface area (Å²) in [4.78, 5) is 2.38. The van der Waals surface area contributed by atoms with Gasteiger partial charge in [-0.3, -0.25) is 0 Å². The van der Waals surface area contributed by atoms with Gasteiger partial charge in [0.05, 0.1) is 11.0 Å². The van der Waals surface area contributed by atoms with Crippen LogP contribution < -0.4 is 4.90 Å². The molecule has 0 aliphatic rings. The minimum absolute atomic E-state index is 1.09. The first kappa shape index (κ1) is 41.0. The van der Waals surface area contributed by atoms with Crippen molar-refractivity contribution in [2.45, 2.75) is 0 Å². The third-order valence-corrected chi connectivity index (χ3v) is 15.7. The third-order valence-electron chi connectivity index (χ3n) is 14.4. The van der Waals surface area contributed by atoms with Crippen LogP contribution in [0.25, 0.3) is 114 Å². The second-order valence-electron chi connectivity index (χ2n) is 18.4. The van der Waals surface area contributed by atoms with Crippen molar-refractivity contribution in [3.8, 4) is 50.2 Å². The first-order chi connectivity index (χ1) is 35.2. The van der Waals surface area contributed by atoms with Gasteiger partial charge in [0.2, 0.25) is 0 Å². The van der Waals surface area contributed by atoms with Gasteiger partial charge in [-0.25, -0.2) is 0 Å². The van der Waals surface area contributed by atoms with Crippen LogP contribution in [0.3, 0.4) is 0 Å². The molecule has 0 radical (unpaired) electrons. The van der Waals surface area contributed by atoms with E-state index < -0.39 is 0 Å². The van der Waals surface area contributed by atoms with Crippen molar-refractivity contribution in [3.05, 3.63) is 267 Å². The first-order valence-corrected chi connectivity index (χ1v) is 25.1. The number of para-hydroxylation sites is 2. The summed E-state index contributed by atoms with van der Waals surface area (Å²) in [7, 11) is 0. The number of thiophene rings is 1. The summed E-state index contributed by atoms with van der Waals surface area (Å²) in [6, 6.07) is 97.7. The van der Waals surface area contributed by atoms with Gasteiger partial charge in [0.15, 0.2) is 0 Å². The summed E-state index contributed by atoms with van der Waals surface area (Å²) in [6.07, 6.45) is 0. The van der Waals surface area contributed by atoms with Crippen LogP contribution in [-0.4, -0.2) is 4.57 Å². The lowest BCUT2D eigenvalue weighted by Crippen LogP contribution is -2.09. The van der Waals surface area contributed by atoms with Crippen LogP contribution >= 0.6 is 11.3 Å². The molecule has 0 spiro atoms. The molecular formula is C68H44N2S. The summed E-state index contributed by atoms with van der Waals surface area (Å²) < 4.78 is 5.06. The maximum Gasteiger partial charge on any atom is 0.0541 e. The summed E-state index contributed by atoms with van der Waals surface area (Å²) in [5.74, 6) is 0. The second kappa shape index (κ2) is 16.9. The Morgan fingerprint density at radius 1 is 0.268 bits per heavy atom. The van der Waals surface area contributed by atoms with Crippen molar-refractivity contribution in [1.29, 1.82) is 0 Å². The van der Waals surface area contributed by atoms with Gasteiger partial charge in [-0.15, -0.1) is 11.3 Å². The Morgan fingerprint density at radius 3 is 1.37 bits per heavy atom. The van der Waals surface area contributed by atoms with E-state index in [0.717, 1.165) is 28.3 Å². The molecule has 0 N–H and O–H groups in total. The lowest BCUT2D eigenvalue weighted by Gasteiger charge is -2.26. The standard InChI is InChI=1S/C68H44N2S/c1-3-17-57-48(12-1)14-10-21-58(57)50-28-26-45(27-29-50)46-30-37-53(38-31-46)69(55-41-34-51(35-42-55)60-22-11-23-63-64-43-36-49-13-2-4-18-59(49)68(64)71-67(60)63)54-39-32-47(33-40-54)52-15-9-16-56(44-52)70-65-24-7-5-19-61(65)62-20-6-8-25-66(62)70/h1-44H. The van der Waals surface area contributed by atoms with Gasteiger partial charge < -0.3 is 9.47 Å². The lowest BCUT2D eigenvalue weighted by molar-refractivity contribution is 1.18. The van der Waals surface area contributed by atoms with Gasteiger partial charge in [-0.05, 0) is 127 Å². The molecule has 0 saturated heterocycles. The Labute approximate surface area is 416 Å². The maximum absolute atomic E-state index is 2.39. The average Bonchev–Trinajstić information content (AvgIpc) is 4.00. The fourth-order valence-electron chi connectivity index (χ4n) is 10.9. The Hall–Kier alpha value is -9.02. The molecule has 0 unspecified atom stereocenters. The fourth-order valence-corrected chi connectivity index (χ4v) is 12.3. The van der Waals surface area contributed by atoms with Crippen LogP contribution in [-0.2, 0) is 0 Å². The van der Waals surface area contributed by atoms with Crippen molar-refractivity contribution < 1.29 is 0 Å². The molecule has 2 aromatic heterocycles. The van der Waals surface area contributed by atoms with Gasteiger partial charge in [-0.2, -0.15) is 0 Å². The number of rotatable bonds is 8. The number of nitrogens with zero attached hydrogens (tertiary/aromatic N) is 2. The van der Waals surface area contributed by atoms with E-state index in [4.69, 9.17) is 0 Å². The van der Waals surface area contributed by atoms with Crippen molar-refractivity contribution in [3.63, 3.8) is 0 Å². The van der Waals surface area contributed by atoms with Gasteiger partial charge in [0.1, 0.15) is 0 Å². The third kappa shape index (κ3) is 7.01. The number of hydrogen-bond donors (Lipinski definition) is 0. The first-order valence-electron chi connectivity index (χ1n) is 24.3. The van der Waals surface area contributed by atoms with E-state index in [1.54, 1.807) is 0 Å². The topological polar surface area (TPSA) is 8.17 Å². The van der Waals surface area contributed by atoms with Crippen LogP contribution in [0.4, 0.5) is 17.1 Å². The number of aromatic nitrogens is 1. The number of benzene rings is 12. The number of anilines is 3. The molecule has 2 nitrogen and oxygen atoms in total. The van der Waals surface area contributed by atoms with Crippen LogP contribution in [0.1, 0.15) is 0 Å². The van der Waals surface area contributed by atoms with E-state index >= 15 is 0 Å². The molecule has 3 heteroatoms. The molecule has 332 valence electrons. The predicted molar refractivity (Wildman–Crippen MR) is 305 cm³/mol. The molecule has 0 amide bonds. The molecule has 2 heterocycles. The van der Waals surface area contributed by atoms with E-state index in [0.29, 0.717) is 0 Å². The predicted octanol–water partition coefficient (Wildman–Crippen LogP) is 19.6. The zero-order chi connectivity index (χ0) is 46.8. The summed E-state index contributed by atoms with van der Waals surface area (Å²) in [5, 5.41) is 10.3. The van der Waals surface area contributed by atoms with Gasteiger partial charge in [0, 0.05) is 53.7 Å². The number of hydrogen-bond acceptors (Lipinski definition) is 2. The van der Waals surface area contributed by atoms with Crippen LogP contribution in [0, 0.1) is 0 Å². The SMILES string of the molecule is c1cc(-c2ccc(N(c3ccc(-c4ccc(-c5cccc6ccccc56)cc4)cc3)c3ccc(-c4cccc5c4sc4c6ccccc6ccc54)cc3)cc2)cc(-n2c3ccccc3c3ccccc32)c1. The molecule has 14 aromatic rings. The van der Waals surface area contributed by atoms with E-state index in [1.807, 2.05) is 11.3 Å². The van der Waals surface area contributed by atoms with E-state index in [2.05, 4.69) is 276 Å². The highest BCUT2D eigenvalue weighted by atomic mass is 32.1. The molecule has 0 bridgehead atoms. The highest BCUT2D eigenvalue weighted by Crippen LogP contribution is 2.44. The van der Waals surface area contributed by atoms with Crippen molar-refractivity contribution in [2.75, 3.05) is 4.90 Å². The summed E-state index contributed by atoms with van der Waals surface area (Å²) in [6.45, 7) is 0.